The van der Waals surface area contributed by atoms with Crippen LogP contribution in [0.2, 0.25) is 5.02 Å². The summed E-state index contributed by atoms with van der Waals surface area (Å²) in [6.45, 7) is 3.94. The van der Waals surface area contributed by atoms with Crippen LogP contribution in [-0.4, -0.2) is 5.91 Å². The third-order valence-corrected chi connectivity index (χ3v) is 3.92. The molecule has 1 unspecified atom stereocenters. The first-order chi connectivity index (χ1) is 9.98. The zero-order valence-corrected chi connectivity index (χ0v) is 12.9. The van der Waals surface area contributed by atoms with Crippen molar-refractivity contribution in [2.45, 2.75) is 25.8 Å². The van der Waals surface area contributed by atoms with Crippen LogP contribution in [0.5, 0.6) is 0 Å². The van der Waals surface area contributed by atoms with Gasteiger partial charge in [-0.3, -0.25) is 4.79 Å². The van der Waals surface area contributed by atoms with E-state index in [2.05, 4.69) is 5.32 Å². The maximum Gasteiger partial charge on any atom is 0.247 e. The fraction of sp³-hybridized carbons (Fsp3) is 0.235. The zero-order chi connectivity index (χ0) is 15.5. The van der Waals surface area contributed by atoms with Gasteiger partial charge < -0.3 is 11.1 Å². The Labute approximate surface area is 130 Å². The van der Waals surface area contributed by atoms with E-state index < -0.39 is 11.4 Å². The van der Waals surface area contributed by atoms with Crippen LogP contribution in [0.15, 0.2) is 48.5 Å². The van der Waals surface area contributed by atoms with E-state index >= 15 is 0 Å². The first-order valence-electron chi connectivity index (χ1n) is 6.89. The van der Waals surface area contributed by atoms with Gasteiger partial charge in [0.2, 0.25) is 5.91 Å². The molecule has 0 aliphatic rings. The summed E-state index contributed by atoms with van der Waals surface area (Å²) in [7, 11) is 0. The lowest BCUT2D eigenvalue weighted by atomic mass is 9.86. The number of benzene rings is 2. The van der Waals surface area contributed by atoms with E-state index in [9.17, 15) is 4.79 Å². The Kier molecular flexibility index (Phi) is 4.53. The highest BCUT2D eigenvalue weighted by Crippen LogP contribution is 2.31. The summed E-state index contributed by atoms with van der Waals surface area (Å²) in [6, 6.07) is 15.1. The maximum atomic E-state index is 12.2. The first-order valence-corrected chi connectivity index (χ1v) is 7.26. The molecule has 21 heavy (non-hydrogen) atoms. The number of carbonyl (C=O) groups is 1. The minimum atomic E-state index is -0.946. The number of nitrogens with two attached hydrogens (primary N) is 1. The molecule has 0 heterocycles. The predicted octanol–water partition coefficient (Wildman–Crippen LogP) is 3.85. The van der Waals surface area contributed by atoms with E-state index in [1.807, 2.05) is 50.2 Å². The summed E-state index contributed by atoms with van der Waals surface area (Å²) in [5, 5.41) is 3.93. The van der Waals surface area contributed by atoms with Crippen LogP contribution < -0.4 is 11.1 Å². The smallest absolute Gasteiger partial charge is 0.247 e. The molecule has 4 heteroatoms. The van der Waals surface area contributed by atoms with Crippen molar-refractivity contribution in [3.05, 3.63) is 64.7 Å². The minimum Gasteiger partial charge on any atom is -0.368 e. The van der Waals surface area contributed by atoms with E-state index in [0.717, 1.165) is 16.8 Å². The first kappa shape index (κ1) is 15.4. The molecule has 0 aliphatic heterocycles. The Hall–Kier alpha value is -2.00. The molecule has 1 amide bonds. The molecule has 0 radical (unpaired) electrons. The van der Waals surface area contributed by atoms with Gasteiger partial charge in [0.05, 0.1) is 0 Å². The number of amides is 1. The van der Waals surface area contributed by atoms with E-state index in [4.69, 9.17) is 17.3 Å². The Bertz CT molecular complexity index is 639. The van der Waals surface area contributed by atoms with Crippen LogP contribution in [0.4, 0.5) is 5.69 Å². The molecule has 0 aliphatic carbocycles. The predicted molar refractivity (Wildman–Crippen MR) is 87.4 cm³/mol. The molecule has 2 rings (SSSR count). The second kappa shape index (κ2) is 6.19. The Morgan fingerprint density at radius 3 is 2.43 bits per heavy atom. The number of anilines is 1. The lowest BCUT2D eigenvalue weighted by Gasteiger charge is -2.32. The van der Waals surface area contributed by atoms with Crippen molar-refractivity contribution in [2.75, 3.05) is 5.32 Å². The average Bonchev–Trinajstić information content (AvgIpc) is 2.45. The zero-order valence-electron chi connectivity index (χ0n) is 12.2. The summed E-state index contributed by atoms with van der Waals surface area (Å²) in [6.07, 6.45) is 0.540. The van der Waals surface area contributed by atoms with Crippen molar-refractivity contribution in [3.8, 4) is 0 Å². The fourth-order valence-corrected chi connectivity index (χ4v) is 2.57. The average molecular weight is 303 g/mol. The lowest BCUT2D eigenvalue weighted by molar-refractivity contribution is -0.122. The van der Waals surface area contributed by atoms with Gasteiger partial charge >= 0.3 is 0 Å². The third-order valence-electron chi connectivity index (χ3n) is 3.66. The van der Waals surface area contributed by atoms with Crippen LogP contribution in [-0.2, 0) is 10.3 Å². The summed E-state index contributed by atoms with van der Waals surface area (Å²) in [4.78, 5) is 12.2. The number of nitrogens with one attached hydrogen (secondary N) is 1. The Morgan fingerprint density at radius 1 is 1.24 bits per heavy atom. The number of hydrogen-bond acceptors (Lipinski definition) is 2. The molecule has 0 spiro atoms. The molecule has 1 atom stereocenters. The van der Waals surface area contributed by atoms with E-state index in [1.54, 1.807) is 12.1 Å². The van der Waals surface area contributed by atoms with E-state index in [-0.39, 0.29) is 0 Å². The van der Waals surface area contributed by atoms with Gasteiger partial charge in [0.1, 0.15) is 5.54 Å². The molecule has 0 saturated carbocycles. The second-order valence-corrected chi connectivity index (χ2v) is 5.56. The lowest BCUT2D eigenvalue weighted by Crippen LogP contribution is -2.47. The summed E-state index contributed by atoms with van der Waals surface area (Å²) in [5.41, 5.74) is 7.55. The molecular weight excluding hydrogens is 284 g/mol. The number of halogens is 1. The summed E-state index contributed by atoms with van der Waals surface area (Å²) < 4.78 is 0. The normalized spacial score (nSPS) is 13.5. The van der Waals surface area contributed by atoms with Crippen LogP contribution in [0.3, 0.4) is 0 Å². The van der Waals surface area contributed by atoms with Crippen LogP contribution in [0.1, 0.15) is 24.5 Å². The topological polar surface area (TPSA) is 55.1 Å². The van der Waals surface area contributed by atoms with Gasteiger partial charge in [0, 0.05) is 10.7 Å². The van der Waals surface area contributed by atoms with Crippen molar-refractivity contribution in [1.29, 1.82) is 0 Å². The number of aryl methyl sites for hydroxylation is 1. The van der Waals surface area contributed by atoms with Crippen LogP contribution in [0, 0.1) is 6.92 Å². The van der Waals surface area contributed by atoms with Gasteiger partial charge in [0.25, 0.3) is 0 Å². The van der Waals surface area contributed by atoms with Crippen LogP contribution >= 0.6 is 11.6 Å². The highest BCUT2D eigenvalue weighted by molar-refractivity contribution is 6.30. The minimum absolute atomic E-state index is 0.408. The van der Waals surface area contributed by atoms with E-state index in [1.165, 1.54) is 0 Å². The second-order valence-electron chi connectivity index (χ2n) is 5.12. The summed E-state index contributed by atoms with van der Waals surface area (Å²) in [5.74, 6) is -0.408. The Balaban J connectivity index is 2.46. The molecule has 2 aromatic carbocycles. The summed E-state index contributed by atoms with van der Waals surface area (Å²) >= 11 is 5.93. The number of carbonyl (C=O) groups excluding carboxylic acids is 1. The van der Waals surface area contributed by atoms with Gasteiger partial charge in [-0.05, 0) is 48.7 Å². The van der Waals surface area contributed by atoms with Gasteiger partial charge in [-0.1, -0.05) is 42.8 Å². The van der Waals surface area contributed by atoms with Gasteiger partial charge in [0.15, 0.2) is 0 Å². The van der Waals surface area contributed by atoms with Crippen LogP contribution in [0.25, 0.3) is 0 Å². The molecule has 0 aromatic heterocycles. The largest absolute Gasteiger partial charge is 0.368 e. The standard InChI is InChI=1S/C17H19ClN2O/c1-3-17(16(19)21,13-7-9-14(18)10-8-13)20-15-6-4-5-12(2)11-15/h4-11,20H,3H2,1-2H3,(H2,19,21). The van der Waals surface area contributed by atoms with Gasteiger partial charge in [-0.25, -0.2) is 0 Å². The van der Waals surface area contributed by atoms with Crippen molar-refractivity contribution in [3.63, 3.8) is 0 Å². The highest BCUT2D eigenvalue weighted by atomic mass is 35.5. The highest BCUT2D eigenvalue weighted by Gasteiger charge is 2.36. The van der Waals surface area contributed by atoms with Crippen molar-refractivity contribution < 1.29 is 4.79 Å². The molecule has 2 aromatic rings. The number of hydrogen-bond donors (Lipinski definition) is 2. The molecule has 3 nitrogen and oxygen atoms in total. The SMILES string of the molecule is CCC(Nc1cccc(C)c1)(C(N)=O)c1ccc(Cl)cc1. The number of primary amides is 1. The quantitative estimate of drug-likeness (QED) is 0.881. The van der Waals surface area contributed by atoms with Crippen molar-refractivity contribution in [2.24, 2.45) is 5.73 Å². The molecule has 0 saturated heterocycles. The van der Waals surface area contributed by atoms with Crippen molar-refractivity contribution in [1.82, 2.24) is 0 Å². The molecule has 110 valence electrons. The fourth-order valence-electron chi connectivity index (χ4n) is 2.45. The van der Waals surface area contributed by atoms with E-state index in [0.29, 0.717) is 11.4 Å². The Morgan fingerprint density at radius 2 is 1.90 bits per heavy atom. The number of rotatable bonds is 5. The van der Waals surface area contributed by atoms with Gasteiger partial charge in [-0.15, -0.1) is 0 Å². The molecule has 0 bridgehead atoms. The monoisotopic (exact) mass is 302 g/mol. The van der Waals surface area contributed by atoms with Crippen molar-refractivity contribution >= 4 is 23.2 Å². The molecule has 3 N–H and O–H groups in total. The van der Waals surface area contributed by atoms with Gasteiger partial charge in [-0.2, -0.15) is 0 Å². The third kappa shape index (κ3) is 3.19. The molecule has 0 fully saturated rings. The molecular formula is C17H19ClN2O. The maximum absolute atomic E-state index is 12.2.